The lowest BCUT2D eigenvalue weighted by Gasteiger charge is -1.91. The topological polar surface area (TPSA) is 101 Å². The van der Waals surface area contributed by atoms with Gasteiger partial charge < -0.3 is 9.79 Å². The van der Waals surface area contributed by atoms with Crippen molar-refractivity contribution in [3.63, 3.8) is 0 Å². The minimum absolute atomic E-state index is 0. The van der Waals surface area contributed by atoms with Crippen molar-refractivity contribution < 1.29 is 15.8 Å². The van der Waals surface area contributed by atoms with Crippen molar-refractivity contribution in [1.82, 2.24) is 10.9 Å². The van der Waals surface area contributed by atoms with Gasteiger partial charge in [0.2, 0.25) is 5.91 Å². The van der Waals surface area contributed by atoms with Crippen LogP contribution < -0.4 is 10.9 Å². The second-order valence-corrected chi connectivity index (χ2v) is 2.68. The fraction of sp³-hybridized carbons (Fsp3) is 0. The highest BCUT2D eigenvalue weighted by Gasteiger charge is 2.39. The van der Waals surface area contributed by atoms with Gasteiger partial charge in [-0.1, -0.05) is 0 Å². The van der Waals surface area contributed by atoms with Gasteiger partial charge in [0.1, 0.15) is 0 Å². The Balaban J connectivity index is 0.000000490. The minimum Gasteiger partial charge on any atom is -0.322 e. The summed E-state index contributed by atoms with van der Waals surface area (Å²) in [7, 11) is -3.93. The summed E-state index contributed by atoms with van der Waals surface area (Å²) in [6.45, 7) is 0. The number of rotatable bonds is 1. The average molecular weight is 124 g/mol. The number of hydrazine groups is 1. The first-order valence-corrected chi connectivity index (χ1v) is 3.17. The molecule has 0 aromatic heterocycles. The van der Waals surface area contributed by atoms with E-state index in [0.29, 0.717) is 0 Å². The molecule has 1 rings (SSSR count). The zero-order valence-electron chi connectivity index (χ0n) is 4.25. The van der Waals surface area contributed by atoms with Gasteiger partial charge in [-0.15, -0.1) is 0 Å². The molecule has 0 bridgehead atoms. The van der Waals surface area contributed by atoms with Crippen LogP contribution in [-0.4, -0.2) is 9.79 Å². The lowest BCUT2D eigenvalue weighted by molar-refractivity contribution is 0.378. The van der Waals surface area contributed by atoms with E-state index in [1.165, 1.54) is 0 Å². The molecule has 0 aromatic carbocycles. The third-order valence-corrected chi connectivity index (χ3v) is 1.33. The molecular weight excluding hydrogens is 119 g/mol. The van der Waals surface area contributed by atoms with E-state index < -0.39 is 7.60 Å². The van der Waals surface area contributed by atoms with Crippen LogP contribution in [0.1, 0.15) is 1.43 Å². The van der Waals surface area contributed by atoms with Gasteiger partial charge in [0, 0.05) is 0 Å². The third-order valence-electron chi connectivity index (χ3n) is 0.528. The van der Waals surface area contributed by atoms with Crippen LogP contribution >= 0.6 is 7.60 Å². The molecule has 4 N–H and O–H groups in total. The summed E-state index contributed by atoms with van der Waals surface area (Å²) < 4.78 is 9.93. The fourth-order valence-electron chi connectivity index (χ4n) is 0.174. The van der Waals surface area contributed by atoms with E-state index in [1.54, 1.807) is 0 Å². The predicted molar refractivity (Wildman–Crippen MR) is 22.7 cm³/mol. The zero-order chi connectivity index (χ0) is 5.49. The summed E-state index contributed by atoms with van der Waals surface area (Å²) in [5.41, 5.74) is 4.36. The van der Waals surface area contributed by atoms with Gasteiger partial charge in [-0.05, 0) is 0 Å². The molecule has 0 aliphatic carbocycles. The maximum absolute atomic E-state index is 9.93. The van der Waals surface area contributed by atoms with Gasteiger partial charge in [0.05, 0.1) is 0 Å². The molecule has 1 saturated heterocycles. The van der Waals surface area contributed by atoms with E-state index in [-0.39, 0.29) is 7.33 Å². The Morgan fingerprint density at radius 1 is 1.57 bits per heavy atom. The smallest absolute Gasteiger partial charge is 0.322 e. The normalized spacial score (nSPS) is 22.6. The molecule has 1 aliphatic heterocycles. The highest BCUT2D eigenvalue weighted by Crippen LogP contribution is 2.47. The summed E-state index contributed by atoms with van der Waals surface area (Å²) in [5, 5.41) is 0. The van der Waals surface area contributed by atoms with Gasteiger partial charge in [0.15, 0.2) is 0 Å². The molecule has 0 unspecified atom stereocenters. The SMILES string of the molecule is O=P(O)(O)[C]1NN1.[H+]. The van der Waals surface area contributed by atoms with E-state index >= 15 is 0 Å². The van der Waals surface area contributed by atoms with Crippen LogP contribution in [0.3, 0.4) is 0 Å². The van der Waals surface area contributed by atoms with Crippen molar-refractivity contribution in [2.24, 2.45) is 0 Å². The molecule has 7 heavy (non-hydrogen) atoms. The molecule has 1 heterocycles. The molecule has 6 heteroatoms. The summed E-state index contributed by atoms with van der Waals surface area (Å²) in [6.07, 6.45) is 0. The van der Waals surface area contributed by atoms with E-state index in [9.17, 15) is 4.57 Å². The van der Waals surface area contributed by atoms with Crippen molar-refractivity contribution in [3.8, 4) is 0 Å². The molecule has 41 valence electrons. The highest BCUT2D eigenvalue weighted by atomic mass is 31.2. The standard InChI is InChI=1S/CH4N2O3P/c4-7(5,6)1-2-3-1/h2-3H,(H2,4,5,6)/p+1. The maximum atomic E-state index is 9.93. The summed E-state index contributed by atoms with van der Waals surface area (Å²) >= 11 is 0. The predicted octanol–water partition coefficient (Wildman–Crippen LogP) is -1.17. The van der Waals surface area contributed by atoms with Crippen LogP contribution in [0.2, 0.25) is 0 Å². The van der Waals surface area contributed by atoms with Crippen LogP contribution in [0.15, 0.2) is 0 Å². The Kier molecular flexibility index (Phi) is 0.948. The molecule has 5 nitrogen and oxygen atoms in total. The summed E-state index contributed by atoms with van der Waals surface area (Å²) in [5.74, 6) is -0.0903. The first-order chi connectivity index (χ1) is 3.11. The van der Waals surface area contributed by atoms with E-state index in [4.69, 9.17) is 9.79 Å². The van der Waals surface area contributed by atoms with E-state index in [1.807, 2.05) is 0 Å². The van der Waals surface area contributed by atoms with Gasteiger partial charge in [-0.25, -0.2) is 10.9 Å². The van der Waals surface area contributed by atoms with Gasteiger partial charge in [-0.3, -0.25) is 4.57 Å². The minimum atomic E-state index is -3.93. The quantitative estimate of drug-likeness (QED) is 0.260. The molecule has 0 aromatic rings. The van der Waals surface area contributed by atoms with Crippen molar-refractivity contribution in [3.05, 3.63) is 5.91 Å². The Bertz CT molecular complexity index is 118. The molecular formula is CH5N2O3P+. The molecule has 0 saturated carbocycles. The number of nitrogens with one attached hydrogen (secondary N) is 2. The second kappa shape index (κ2) is 1.27. The molecule has 0 atom stereocenters. The van der Waals surface area contributed by atoms with Crippen LogP contribution in [0.5, 0.6) is 0 Å². The first kappa shape index (κ1) is 5.21. The molecule has 1 aliphatic rings. The van der Waals surface area contributed by atoms with Crippen LogP contribution in [0.4, 0.5) is 0 Å². The van der Waals surface area contributed by atoms with Crippen molar-refractivity contribution in [2.45, 2.75) is 0 Å². The fourth-order valence-corrected chi connectivity index (χ4v) is 0.521. The molecule has 1 radical (unpaired) electrons. The van der Waals surface area contributed by atoms with Gasteiger partial charge in [0.25, 0.3) is 0 Å². The Morgan fingerprint density at radius 2 is 2.00 bits per heavy atom. The Morgan fingerprint density at radius 3 is 2.00 bits per heavy atom. The lowest BCUT2D eigenvalue weighted by atomic mass is 11.4. The third kappa shape index (κ3) is 1.22. The van der Waals surface area contributed by atoms with Crippen LogP contribution in [0, 0.1) is 5.91 Å². The Hall–Kier alpha value is 0.0700. The largest absolute Gasteiger partial charge is 1.00 e. The number of hydrogen-bond acceptors (Lipinski definition) is 3. The van der Waals surface area contributed by atoms with Crippen LogP contribution in [-0.2, 0) is 4.57 Å². The van der Waals surface area contributed by atoms with Gasteiger partial charge in [-0.2, -0.15) is 0 Å². The van der Waals surface area contributed by atoms with Crippen LogP contribution in [0.25, 0.3) is 0 Å². The lowest BCUT2D eigenvalue weighted by Crippen LogP contribution is -1.81. The van der Waals surface area contributed by atoms with E-state index in [0.717, 1.165) is 0 Å². The molecule has 0 amide bonds. The van der Waals surface area contributed by atoms with Crippen molar-refractivity contribution in [1.29, 1.82) is 0 Å². The van der Waals surface area contributed by atoms with Gasteiger partial charge >= 0.3 is 9.02 Å². The van der Waals surface area contributed by atoms with Crippen molar-refractivity contribution in [2.75, 3.05) is 0 Å². The van der Waals surface area contributed by atoms with Crippen molar-refractivity contribution >= 4 is 7.60 Å². The summed E-state index contributed by atoms with van der Waals surface area (Å²) in [6, 6.07) is 0. The highest BCUT2D eigenvalue weighted by molar-refractivity contribution is 7.55. The Labute approximate surface area is 41.3 Å². The molecule has 0 spiro atoms. The second-order valence-electron chi connectivity index (χ2n) is 1.14. The van der Waals surface area contributed by atoms with E-state index in [2.05, 4.69) is 10.9 Å². The monoisotopic (exact) mass is 124 g/mol. The zero-order valence-corrected chi connectivity index (χ0v) is 4.14. The molecule has 1 fully saturated rings. The summed E-state index contributed by atoms with van der Waals surface area (Å²) in [4.78, 5) is 16.2. The first-order valence-electron chi connectivity index (χ1n) is 1.56. The maximum Gasteiger partial charge on any atom is 1.00 e. The number of hydrogen-bond donors (Lipinski definition) is 4. The average Bonchev–Trinajstić information content (AvgIpc) is 1.99.